The summed E-state index contributed by atoms with van der Waals surface area (Å²) in [6.07, 6.45) is -2.51. The topological polar surface area (TPSA) is 89.9 Å². The molecule has 0 radical (unpaired) electrons. The number of rotatable bonds is 5. The lowest BCUT2D eigenvalue weighted by molar-refractivity contribution is -0.144. The van der Waals surface area contributed by atoms with Crippen LogP contribution in [-0.4, -0.2) is 20.1 Å². The van der Waals surface area contributed by atoms with Gasteiger partial charge in [-0.25, -0.2) is 4.98 Å². The fourth-order valence-corrected chi connectivity index (χ4v) is 3.34. The first kappa shape index (κ1) is 19.5. The second-order valence-electron chi connectivity index (χ2n) is 7.69. The van der Waals surface area contributed by atoms with Crippen molar-refractivity contribution >= 4 is 16.9 Å². The second kappa shape index (κ2) is 7.07. The van der Waals surface area contributed by atoms with E-state index in [0.717, 1.165) is 29.8 Å². The van der Waals surface area contributed by atoms with Gasteiger partial charge >= 0.3 is 6.18 Å². The molecule has 4 aromatic rings. The maximum Gasteiger partial charge on any atom is 0.451 e. The van der Waals surface area contributed by atoms with Crippen molar-refractivity contribution in [2.24, 2.45) is 0 Å². The molecular formula is C21H18F3N5O2. The van der Waals surface area contributed by atoms with Gasteiger partial charge in [0.25, 0.3) is 5.89 Å². The lowest BCUT2D eigenvalue weighted by Gasteiger charge is -2.16. The molecule has 1 fully saturated rings. The SMILES string of the molecule is Cc1cc2c(NC(C)c3ccc(-c4nc(C5CC5)no4)cc3)nc(C(F)(F)F)nc2o1. The van der Waals surface area contributed by atoms with E-state index in [9.17, 15) is 13.2 Å². The third-order valence-corrected chi connectivity index (χ3v) is 5.16. The highest BCUT2D eigenvalue weighted by atomic mass is 19.4. The molecule has 3 aromatic heterocycles. The van der Waals surface area contributed by atoms with Crippen LogP contribution >= 0.6 is 0 Å². The van der Waals surface area contributed by atoms with Crippen LogP contribution in [-0.2, 0) is 6.18 Å². The molecule has 7 nitrogen and oxygen atoms in total. The summed E-state index contributed by atoms with van der Waals surface area (Å²) in [5.41, 5.74) is 1.53. The van der Waals surface area contributed by atoms with Crippen molar-refractivity contribution in [2.75, 3.05) is 5.32 Å². The molecule has 1 unspecified atom stereocenters. The Morgan fingerprint density at radius 1 is 1.10 bits per heavy atom. The molecule has 160 valence electrons. The Bertz CT molecular complexity index is 1240. The van der Waals surface area contributed by atoms with E-state index in [0.29, 0.717) is 23.0 Å². The van der Waals surface area contributed by atoms with E-state index in [2.05, 4.69) is 25.4 Å². The lowest BCUT2D eigenvalue weighted by Crippen LogP contribution is -2.15. The molecule has 5 rings (SSSR count). The number of aromatic nitrogens is 4. The minimum absolute atomic E-state index is 0.0664. The number of fused-ring (bicyclic) bond motifs is 1. The molecule has 31 heavy (non-hydrogen) atoms. The lowest BCUT2D eigenvalue weighted by atomic mass is 10.1. The average molecular weight is 429 g/mol. The highest BCUT2D eigenvalue weighted by molar-refractivity contribution is 5.86. The summed E-state index contributed by atoms with van der Waals surface area (Å²) in [5, 5.41) is 7.46. The number of alkyl halides is 3. The Hall–Kier alpha value is -3.43. The Balaban J connectivity index is 1.40. The average Bonchev–Trinajstić information content (AvgIpc) is 3.32. The van der Waals surface area contributed by atoms with Crippen LogP contribution in [0.3, 0.4) is 0 Å². The molecule has 1 atom stereocenters. The van der Waals surface area contributed by atoms with Gasteiger partial charge in [-0.3, -0.25) is 0 Å². The summed E-state index contributed by atoms with van der Waals surface area (Å²) >= 11 is 0. The van der Waals surface area contributed by atoms with Gasteiger partial charge in [-0.1, -0.05) is 17.3 Å². The third-order valence-electron chi connectivity index (χ3n) is 5.16. The standard InChI is InChI=1S/C21H18F3N5O2/c1-10-9-15-17(27-20(21(22,23)24)28-19(15)30-10)25-11(2)12-3-7-14(8-4-12)18-26-16(29-31-18)13-5-6-13/h3-4,7-9,11,13H,5-6H2,1-2H3,(H,25,27,28). The maximum absolute atomic E-state index is 13.2. The Morgan fingerprint density at radius 3 is 2.52 bits per heavy atom. The minimum Gasteiger partial charge on any atom is -0.443 e. The molecule has 1 N–H and O–H groups in total. The number of hydrogen-bond donors (Lipinski definition) is 1. The summed E-state index contributed by atoms with van der Waals surface area (Å²) in [5.74, 6) is 0.861. The van der Waals surface area contributed by atoms with Crippen LogP contribution in [0.2, 0.25) is 0 Å². The quantitative estimate of drug-likeness (QED) is 0.438. The van der Waals surface area contributed by atoms with Crippen molar-refractivity contribution in [2.45, 2.75) is 44.8 Å². The highest BCUT2D eigenvalue weighted by Gasteiger charge is 2.36. The molecular weight excluding hydrogens is 411 g/mol. The van der Waals surface area contributed by atoms with Gasteiger partial charge in [-0.2, -0.15) is 23.1 Å². The Labute approximate surface area is 174 Å². The van der Waals surface area contributed by atoms with Crippen molar-refractivity contribution in [1.82, 2.24) is 20.1 Å². The van der Waals surface area contributed by atoms with Gasteiger partial charge in [0.05, 0.1) is 5.39 Å². The van der Waals surface area contributed by atoms with Crippen molar-refractivity contribution < 1.29 is 22.1 Å². The zero-order chi connectivity index (χ0) is 21.8. The molecule has 0 amide bonds. The van der Waals surface area contributed by atoms with E-state index in [1.165, 1.54) is 0 Å². The molecule has 10 heteroatoms. The molecule has 3 heterocycles. The normalized spacial score (nSPS) is 15.4. The van der Waals surface area contributed by atoms with Crippen LogP contribution < -0.4 is 5.32 Å². The van der Waals surface area contributed by atoms with Crippen molar-refractivity contribution in [3.8, 4) is 11.5 Å². The van der Waals surface area contributed by atoms with Crippen LogP contribution in [0.25, 0.3) is 22.6 Å². The zero-order valence-corrected chi connectivity index (χ0v) is 16.7. The first-order chi connectivity index (χ1) is 14.8. The second-order valence-corrected chi connectivity index (χ2v) is 7.69. The zero-order valence-electron chi connectivity index (χ0n) is 16.7. The largest absolute Gasteiger partial charge is 0.451 e. The molecule has 1 aromatic carbocycles. The summed E-state index contributed by atoms with van der Waals surface area (Å²) in [6, 6.07) is 8.69. The Morgan fingerprint density at radius 2 is 1.84 bits per heavy atom. The van der Waals surface area contributed by atoms with E-state index in [-0.39, 0.29) is 17.6 Å². The van der Waals surface area contributed by atoms with Crippen LogP contribution in [0.15, 0.2) is 39.3 Å². The number of furan rings is 1. The maximum atomic E-state index is 13.2. The van der Waals surface area contributed by atoms with E-state index in [1.54, 1.807) is 13.0 Å². The molecule has 1 aliphatic carbocycles. The van der Waals surface area contributed by atoms with Gasteiger partial charge in [0.15, 0.2) is 5.82 Å². The summed E-state index contributed by atoms with van der Waals surface area (Å²) in [4.78, 5) is 11.6. The monoisotopic (exact) mass is 429 g/mol. The van der Waals surface area contributed by atoms with E-state index in [4.69, 9.17) is 8.94 Å². The number of nitrogens with zero attached hydrogens (tertiary/aromatic N) is 4. The third kappa shape index (κ3) is 3.85. The first-order valence-electron chi connectivity index (χ1n) is 9.84. The number of benzene rings is 1. The van der Waals surface area contributed by atoms with Crippen molar-refractivity contribution in [1.29, 1.82) is 0 Å². The number of nitrogens with one attached hydrogen (secondary N) is 1. The fourth-order valence-electron chi connectivity index (χ4n) is 3.34. The fraction of sp³-hybridized carbons (Fsp3) is 0.333. The van der Waals surface area contributed by atoms with Gasteiger partial charge in [0, 0.05) is 17.5 Å². The summed E-state index contributed by atoms with van der Waals surface area (Å²) in [6.45, 7) is 3.48. The number of halogens is 3. The predicted molar refractivity (Wildman–Crippen MR) is 105 cm³/mol. The molecule has 1 saturated carbocycles. The Kier molecular flexibility index (Phi) is 4.45. The first-order valence-corrected chi connectivity index (χ1v) is 9.84. The van der Waals surface area contributed by atoms with Crippen molar-refractivity contribution in [3.63, 3.8) is 0 Å². The van der Waals surface area contributed by atoms with E-state index in [1.807, 2.05) is 31.2 Å². The van der Waals surface area contributed by atoms with Crippen LogP contribution in [0.5, 0.6) is 0 Å². The number of aryl methyl sites for hydroxylation is 1. The smallest absolute Gasteiger partial charge is 0.443 e. The highest BCUT2D eigenvalue weighted by Crippen LogP contribution is 2.39. The van der Waals surface area contributed by atoms with Gasteiger partial charge < -0.3 is 14.3 Å². The minimum atomic E-state index is -4.68. The summed E-state index contributed by atoms with van der Waals surface area (Å²) < 4.78 is 50.3. The van der Waals surface area contributed by atoms with Gasteiger partial charge in [0.1, 0.15) is 11.6 Å². The van der Waals surface area contributed by atoms with Crippen LogP contribution in [0.1, 0.15) is 54.7 Å². The number of anilines is 1. The van der Waals surface area contributed by atoms with Gasteiger partial charge in [0.2, 0.25) is 11.5 Å². The van der Waals surface area contributed by atoms with Gasteiger partial charge in [-0.05, 0) is 50.5 Å². The molecule has 0 spiro atoms. The van der Waals surface area contributed by atoms with Crippen LogP contribution in [0, 0.1) is 6.92 Å². The predicted octanol–water partition coefficient (Wildman–Crippen LogP) is 5.65. The molecule has 1 aliphatic rings. The van der Waals surface area contributed by atoms with E-state index < -0.39 is 12.0 Å². The molecule has 0 saturated heterocycles. The number of hydrogen-bond acceptors (Lipinski definition) is 7. The summed E-state index contributed by atoms with van der Waals surface area (Å²) in [7, 11) is 0. The molecule has 0 bridgehead atoms. The van der Waals surface area contributed by atoms with Gasteiger partial charge in [-0.15, -0.1) is 0 Å². The molecule has 0 aliphatic heterocycles. The van der Waals surface area contributed by atoms with E-state index >= 15 is 0 Å². The van der Waals surface area contributed by atoms with Crippen molar-refractivity contribution in [3.05, 3.63) is 53.3 Å². The van der Waals surface area contributed by atoms with Crippen LogP contribution in [0.4, 0.5) is 19.0 Å².